The molecule has 10 nitrogen and oxygen atoms in total. The van der Waals surface area contributed by atoms with Crippen molar-refractivity contribution in [1.29, 1.82) is 0 Å². The number of halogens is 1. The van der Waals surface area contributed by atoms with Gasteiger partial charge in [0.25, 0.3) is 0 Å². The number of hydrogen-bond donors (Lipinski definition) is 3. The van der Waals surface area contributed by atoms with Crippen LogP contribution in [0.3, 0.4) is 0 Å². The smallest absolute Gasteiger partial charge is 0.412 e. The number of amides is 3. The molecular weight excluding hydrogens is 529 g/mol. The van der Waals surface area contributed by atoms with Crippen LogP contribution in [-0.2, 0) is 20.7 Å². The minimum Gasteiger partial charge on any atom is -0.444 e. The van der Waals surface area contributed by atoms with Crippen LogP contribution in [0.25, 0.3) is 21.9 Å². The van der Waals surface area contributed by atoms with E-state index in [0.29, 0.717) is 34.1 Å². The van der Waals surface area contributed by atoms with E-state index >= 15 is 0 Å². The summed E-state index contributed by atoms with van der Waals surface area (Å²) in [5, 5.41) is 9.52. The number of hydrogen-bond acceptors (Lipinski definition) is 7. The molecule has 0 spiro atoms. The summed E-state index contributed by atoms with van der Waals surface area (Å²) in [5.74, 6) is -0.830. The standard InChI is InChI=1S/C30H36FN5O5/c1-8-18-20(13-32-15-24(18)35-28(39)41-30(5,6)7)16-9-17-11-25(36-26(37)19-12-22(19)31)33-14-21(17)23(10-16)34-27(38)40-29(2,3)4/h9-11,13-15,19,22H,8,12H2,1-7H3,(H,34,38)(H,35,39)(H,33,36,37). The van der Waals surface area contributed by atoms with Crippen LogP contribution in [-0.4, -0.2) is 45.4 Å². The number of nitrogens with zero attached hydrogens (tertiary/aromatic N) is 2. The molecule has 0 aliphatic heterocycles. The number of carbonyl (C=O) groups is 3. The summed E-state index contributed by atoms with van der Waals surface area (Å²) in [6.07, 6.45) is 3.14. The van der Waals surface area contributed by atoms with Crippen LogP contribution >= 0.6 is 0 Å². The quantitative estimate of drug-likeness (QED) is 0.298. The fraction of sp³-hybridized carbons (Fsp3) is 0.433. The maximum Gasteiger partial charge on any atom is 0.412 e. The van der Waals surface area contributed by atoms with Crippen molar-refractivity contribution in [2.24, 2.45) is 5.92 Å². The maximum atomic E-state index is 13.4. The number of alkyl halides is 1. The van der Waals surface area contributed by atoms with Gasteiger partial charge in [0.05, 0.1) is 23.5 Å². The number of aromatic nitrogens is 2. The molecule has 1 fully saturated rings. The van der Waals surface area contributed by atoms with Gasteiger partial charge in [0, 0.05) is 23.3 Å². The van der Waals surface area contributed by atoms with Crippen LogP contribution in [0.4, 0.5) is 31.2 Å². The SMILES string of the molecule is CCc1c(NC(=O)OC(C)(C)C)cncc1-c1cc(NC(=O)OC(C)(C)C)c2cnc(NC(=O)C3CC3F)cc2c1. The molecule has 3 N–H and O–H groups in total. The normalized spacial score (nSPS) is 16.6. The Morgan fingerprint density at radius 2 is 1.51 bits per heavy atom. The Labute approximate surface area is 238 Å². The molecule has 0 saturated heterocycles. The second-order valence-electron chi connectivity index (χ2n) is 12.0. The Morgan fingerprint density at radius 3 is 2.07 bits per heavy atom. The van der Waals surface area contributed by atoms with Gasteiger partial charge >= 0.3 is 12.2 Å². The van der Waals surface area contributed by atoms with Gasteiger partial charge in [-0.15, -0.1) is 0 Å². The van der Waals surface area contributed by atoms with Crippen molar-refractivity contribution >= 4 is 46.1 Å². The number of benzene rings is 1. The van der Waals surface area contributed by atoms with Gasteiger partial charge in [0.1, 0.15) is 23.2 Å². The van der Waals surface area contributed by atoms with Crippen LogP contribution in [0, 0.1) is 5.92 Å². The van der Waals surface area contributed by atoms with Crippen molar-refractivity contribution in [2.75, 3.05) is 16.0 Å². The zero-order valence-corrected chi connectivity index (χ0v) is 24.3. The van der Waals surface area contributed by atoms with Crippen molar-refractivity contribution in [1.82, 2.24) is 9.97 Å². The molecular formula is C30H36FN5O5. The Bertz CT molecular complexity index is 1500. The molecule has 2 heterocycles. The van der Waals surface area contributed by atoms with Gasteiger partial charge < -0.3 is 14.8 Å². The zero-order valence-electron chi connectivity index (χ0n) is 24.3. The summed E-state index contributed by atoms with van der Waals surface area (Å²) in [6, 6.07) is 5.31. The van der Waals surface area contributed by atoms with Gasteiger partial charge in [-0.05, 0) is 89.1 Å². The van der Waals surface area contributed by atoms with Gasteiger partial charge in [-0.3, -0.25) is 20.4 Å². The molecule has 2 aromatic heterocycles. The van der Waals surface area contributed by atoms with Crippen LogP contribution in [0.1, 0.15) is 60.5 Å². The number of rotatable bonds is 6. The van der Waals surface area contributed by atoms with Crippen molar-refractivity contribution in [3.8, 4) is 11.1 Å². The lowest BCUT2D eigenvalue weighted by molar-refractivity contribution is -0.117. The van der Waals surface area contributed by atoms with E-state index in [1.165, 1.54) is 6.20 Å². The molecule has 1 aliphatic rings. The molecule has 41 heavy (non-hydrogen) atoms. The Kier molecular flexibility index (Phi) is 8.19. The first-order chi connectivity index (χ1) is 19.1. The first-order valence-corrected chi connectivity index (χ1v) is 13.5. The number of nitrogens with one attached hydrogen (secondary N) is 3. The first kappa shape index (κ1) is 29.7. The zero-order chi connectivity index (χ0) is 30.1. The molecule has 3 amide bonds. The number of fused-ring (bicyclic) bond motifs is 1. The van der Waals surface area contributed by atoms with E-state index in [1.807, 2.05) is 13.0 Å². The van der Waals surface area contributed by atoms with E-state index in [1.54, 1.807) is 66.1 Å². The van der Waals surface area contributed by atoms with E-state index in [0.717, 1.165) is 11.1 Å². The van der Waals surface area contributed by atoms with Gasteiger partial charge in [-0.1, -0.05) is 6.92 Å². The Balaban J connectivity index is 1.77. The molecule has 11 heteroatoms. The molecule has 2 unspecified atom stereocenters. The van der Waals surface area contributed by atoms with E-state index in [4.69, 9.17) is 9.47 Å². The van der Waals surface area contributed by atoms with E-state index in [-0.39, 0.29) is 12.2 Å². The third-order valence-electron chi connectivity index (χ3n) is 6.13. The van der Waals surface area contributed by atoms with Crippen LogP contribution in [0.5, 0.6) is 0 Å². The molecule has 4 rings (SSSR count). The summed E-state index contributed by atoms with van der Waals surface area (Å²) < 4.78 is 24.3. The lowest BCUT2D eigenvalue weighted by atomic mass is 9.96. The van der Waals surface area contributed by atoms with Crippen molar-refractivity contribution in [3.63, 3.8) is 0 Å². The van der Waals surface area contributed by atoms with Crippen molar-refractivity contribution in [3.05, 3.63) is 42.4 Å². The number of ether oxygens (including phenoxy) is 2. The number of anilines is 3. The summed E-state index contributed by atoms with van der Waals surface area (Å²) in [4.78, 5) is 46.2. The van der Waals surface area contributed by atoms with Crippen LogP contribution in [0.2, 0.25) is 0 Å². The number of carbonyl (C=O) groups excluding carboxylic acids is 3. The first-order valence-electron chi connectivity index (χ1n) is 13.5. The highest BCUT2D eigenvalue weighted by Crippen LogP contribution is 2.37. The summed E-state index contributed by atoms with van der Waals surface area (Å²) in [6.45, 7) is 12.6. The third-order valence-corrected chi connectivity index (χ3v) is 6.13. The van der Waals surface area contributed by atoms with E-state index < -0.39 is 41.4 Å². The molecule has 1 saturated carbocycles. The predicted molar refractivity (Wildman–Crippen MR) is 156 cm³/mol. The Hall–Kier alpha value is -4.28. The molecule has 2 atom stereocenters. The highest BCUT2D eigenvalue weighted by atomic mass is 19.1. The molecule has 3 aromatic rings. The molecule has 1 aliphatic carbocycles. The minimum atomic E-state index is -1.13. The molecule has 218 valence electrons. The summed E-state index contributed by atoms with van der Waals surface area (Å²) >= 11 is 0. The molecule has 0 bridgehead atoms. The summed E-state index contributed by atoms with van der Waals surface area (Å²) in [5.41, 5.74) is 1.74. The highest BCUT2D eigenvalue weighted by molar-refractivity contribution is 6.04. The van der Waals surface area contributed by atoms with Gasteiger partial charge in [0.15, 0.2) is 0 Å². The van der Waals surface area contributed by atoms with E-state index in [2.05, 4.69) is 25.9 Å². The average molecular weight is 566 g/mol. The minimum absolute atomic E-state index is 0.202. The largest absolute Gasteiger partial charge is 0.444 e. The second-order valence-corrected chi connectivity index (χ2v) is 12.0. The third kappa shape index (κ3) is 7.68. The maximum absolute atomic E-state index is 13.4. The van der Waals surface area contributed by atoms with Crippen LogP contribution in [0.15, 0.2) is 36.8 Å². The van der Waals surface area contributed by atoms with Gasteiger partial charge in [0.2, 0.25) is 5.91 Å². The van der Waals surface area contributed by atoms with Gasteiger partial charge in [-0.25, -0.2) is 19.0 Å². The average Bonchev–Trinajstić information content (AvgIpc) is 3.58. The lowest BCUT2D eigenvalue weighted by Gasteiger charge is -2.22. The Morgan fingerprint density at radius 1 is 0.902 bits per heavy atom. The van der Waals surface area contributed by atoms with Crippen molar-refractivity contribution in [2.45, 2.75) is 78.7 Å². The van der Waals surface area contributed by atoms with E-state index in [9.17, 15) is 18.8 Å². The number of pyridine rings is 2. The van der Waals surface area contributed by atoms with Crippen molar-refractivity contribution < 1.29 is 28.2 Å². The summed E-state index contributed by atoms with van der Waals surface area (Å²) in [7, 11) is 0. The highest BCUT2D eigenvalue weighted by Gasteiger charge is 2.43. The predicted octanol–water partition coefficient (Wildman–Crippen LogP) is 6.85. The molecule has 1 aromatic carbocycles. The monoisotopic (exact) mass is 565 g/mol. The lowest BCUT2D eigenvalue weighted by Crippen LogP contribution is -2.27. The topological polar surface area (TPSA) is 132 Å². The van der Waals surface area contributed by atoms with Gasteiger partial charge in [-0.2, -0.15) is 0 Å². The fourth-order valence-corrected chi connectivity index (χ4v) is 4.29. The van der Waals surface area contributed by atoms with Crippen LogP contribution < -0.4 is 16.0 Å². The fourth-order valence-electron chi connectivity index (χ4n) is 4.29. The second kappa shape index (κ2) is 11.3. The molecule has 0 radical (unpaired) electrons.